The van der Waals surface area contributed by atoms with Gasteiger partial charge in [0.05, 0.1) is 19.1 Å². The summed E-state index contributed by atoms with van der Waals surface area (Å²) in [6, 6.07) is 0. The number of likely N-dealkylation sites (N-methyl/N-ethyl adjacent to an activating group) is 1. The molecule has 0 saturated carbocycles. The van der Waals surface area contributed by atoms with E-state index in [0.717, 1.165) is 6.54 Å². The molecule has 0 rings (SSSR count). The van der Waals surface area contributed by atoms with Gasteiger partial charge in [0.1, 0.15) is 0 Å². The predicted molar refractivity (Wildman–Crippen MR) is 53.8 cm³/mol. The maximum Gasteiger partial charge on any atom is 0.391 e. The Kier molecular flexibility index (Phi) is 6.92. The van der Waals surface area contributed by atoms with Gasteiger partial charge in [-0.1, -0.05) is 20.8 Å². The van der Waals surface area contributed by atoms with Crippen LogP contribution in [-0.4, -0.2) is 32.0 Å². The number of hydrogen-bond donors (Lipinski definition) is 1. The molecule has 0 heterocycles. The highest BCUT2D eigenvalue weighted by atomic mass is 19.4. The van der Waals surface area contributed by atoms with Gasteiger partial charge in [-0.3, -0.25) is 0 Å². The normalized spacial score (nSPS) is 14.6. The fraction of sp³-hybridized carbons (Fsp3) is 1.00. The first-order chi connectivity index (χ1) is 6.87. The van der Waals surface area contributed by atoms with E-state index in [2.05, 4.69) is 5.32 Å². The van der Waals surface area contributed by atoms with E-state index in [0.29, 0.717) is 6.54 Å². The molecule has 1 N–H and O–H groups in total. The van der Waals surface area contributed by atoms with Crippen LogP contribution in [-0.2, 0) is 4.74 Å². The minimum atomic E-state index is -4.13. The molecule has 0 saturated heterocycles. The summed E-state index contributed by atoms with van der Waals surface area (Å²) in [6.45, 7) is 6.98. The molecule has 2 nitrogen and oxygen atoms in total. The van der Waals surface area contributed by atoms with E-state index in [1.807, 2.05) is 20.8 Å². The molecule has 0 amide bonds. The van der Waals surface area contributed by atoms with Crippen LogP contribution < -0.4 is 5.32 Å². The highest BCUT2D eigenvalue weighted by Crippen LogP contribution is 2.20. The minimum Gasteiger partial charge on any atom is -0.376 e. The fourth-order valence-corrected chi connectivity index (χ4v) is 1.10. The zero-order chi connectivity index (χ0) is 11.9. The summed E-state index contributed by atoms with van der Waals surface area (Å²) in [6.07, 6.45) is -5.14. The van der Waals surface area contributed by atoms with Gasteiger partial charge in [0, 0.05) is 6.54 Å². The van der Waals surface area contributed by atoms with E-state index >= 15 is 0 Å². The number of nitrogens with one attached hydrogen (secondary N) is 1. The van der Waals surface area contributed by atoms with Gasteiger partial charge >= 0.3 is 6.18 Å². The van der Waals surface area contributed by atoms with Crippen molar-refractivity contribution in [3.63, 3.8) is 0 Å². The number of halogens is 3. The fourth-order valence-electron chi connectivity index (χ4n) is 1.10. The van der Waals surface area contributed by atoms with Crippen LogP contribution in [0.5, 0.6) is 0 Å². The molecule has 5 heteroatoms. The Bertz CT molecular complexity index is 159. The summed E-state index contributed by atoms with van der Waals surface area (Å²) >= 11 is 0. The SMILES string of the molecule is CCNCC(OCCC(F)(F)F)C(C)C. The van der Waals surface area contributed by atoms with E-state index < -0.39 is 12.6 Å². The summed E-state index contributed by atoms with van der Waals surface area (Å²) in [7, 11) is 0. The van der Waals surface area contributed by atoms with Crippen LogP contribution >= 0.6 is 0 Å². The second-order valence-corrected chi connectivity index (χ2v) is 3.83. The Morgan fingerprint density at radius 3 is 2.27 bits per heavy atom. The predicted octanol–water partition coefficient (Wildman–Crippen LogP) is 2.59. The first-order valence-electron chi connectivity index (χ1n) is 5.26. The average molecular weight is 227 g/mol. The van der Waals surface area contributed by atoms with Gasteiger partial charge in [0.25, 0.3) is 0 Å². The van der Waals surface area contributed by atoms with Crippen LogP contribution in [0.15, 0.2) is 0 Å². The van der Waals surface area contributed by atoms with Gasteiger partial charge in [-0.05, 0) is 12.5 Å². The molecular weight excluding hydrogens is 207 g/mol. The minimum absolute atomic E-state index is 0.146. The van der Waals surface area contributed by atoms with Gasteiger partial charge in [0.2, 0.25) is 0 Å². The molecule has 0 radical (unpaired) electrons. The molecule has 0 aromatic rings. The molecule has 0 aromatic heterocycles. The van der Waals surface area contributed by atoms with Crippen LogP contribution in [0.2, 0.25) is 0 Å². The van der Waals surface area contributed by atoms with Crippen molar-refractivity contribution in [3.05, 3.63) is 0 Å². The second-order valence-electron chi connectivity index (χ2n) is 3.83. The van der Waals surface area contributed by atoms with Gasteiger partial charge < -0.3 is 10.1 Å². The van der Waals surface area contributed by atoms with E-state index in [4.69, 9.17) is 4.74 Å². The Morgan fingerprint density at radius 1 is 1.27 bits per heavy atom. The van der Waals surface area contributed by atoms with E-state index in [1.165, 1.54) is 0 Å². The van der Waals surface area contributed by atoms with Crippen molar-refractivity contribution >= 4 is 0 Å². The van der Waals surface area contributed by atoms with Crippen LogP contribution in [0.1, 0.15) is 27.2 Å². The molecular formula is C10H20F3NO. The molecule has 0 fully saturated rings. The van der Waals surface area contributed by atoms with Crippen LogP contribution in [0, 0.1) is 5.92 Å². The summed E-state index contributed by atoms with van der Waals surface area (Å²) in [5.41, 5.74) is 0. The second kappa shape index (κ2) is 7.06. The average Bonchev–Trinajstić information content (AvgIpc) is 2.08. The highest BCUT2D eigenvalue weighted by Gasteiger charge is 2.27. The lowest BCUT2D eigenvalue weighted by Gasteiger charge is -2.22. The molecule has 0 aromatic carbocycles. The number of rotatable bonds is 7. The largest absolute Gasteiger partial charge is 0.391 e. The van der Waals surface area contributed by atoms with Crippen LogP contribution in [0.3, 0.4) is 0 Å². The van der Waals surface area contributed by atoms with Gasteiger partial charge in [-0.25, -0.2) is 0 Å². The van der Waals surface area contributed by atoms with Crippen molar-refractivity contribution in [2.75, 3.05) is 19.7 Å². The third-order valence-corrected chi connectivity index (χ3v) is 2.06. The monoisotopic (exact) mass is 227 g/mol. The van der Waals surface area contributed by atoms with E-state index in [-0.39, 0.29) is 18.6 Å². The highest BCUT2D eigenvalue weighted by molar-refractivity contribution is 4.65. The van der Waals surface area contributed by atoms with Crippen molar-refractivity contribution in [3.8, 4) is 0 Å². The van der Waals surface area contributed by atoms with Crippen molar-refractivity contribution < 1.29 is 17.9 Å². The third-order valence-electron chi connectivity index (χ3n) is 2.06. The summed E-state index contributed by atoms with van der Waals surface area (Å²) in [5.74, 6) is 0.220. The Morgan fingerprint density at radius 2 is 1.87 bits per heavy atom. The molecule has 1 atom stereocenters. The first-order valence-corrected chi connectivity index (χ1v) is 5.26. The topological polar surface area (TPSA) is 21.3 Å². The Balaban J connectivity index is 3.76. The molecule has 0 aliphatic rings. The first kappa shape index (κ1) is 14.7. The molecule has 0 bridgehead atoms. The molecule has 1 unspecified atom stereocenters. The summed E-state index contributed by atoms with van der Waals surface area (Å²) in [4.78, 5) is 0. The molecule has 92 valence electrons. The van der Waals surface area contributed by atoms with Crippen LogP contribution in [0.4, 0.5) is 13.2 Å². The molecule has 0 aliphatic carbocycles. The standard InChI is InChI=1S/C10H20F3NO/c1-4-14-7-9(8(2)3)15-6-5-10(11,12)13/h8-9,14H,4-7H2,1-3H3. The maximum absolute atomic E-state index is 11.9. The van der Waals surface area contributed by atoms with Crippen molar-refractivity contribution in [1.82, 2.24) is 5.32 Å². The Labute approximate surface area is 89.2 Å². The summed E-state index contributed by atoms with van der Waals surface area (Å²) in [5, 5.41) is 3.07. The Hall–Kier alpha value is -0.290. The van der Waals surface area contributed by atoms with Crippen LogP contribution in [0.25, 0.3) is 0 Å². The van der Waals surface area contributed by atoms with Gasteiger partial charge in [-0.15, -0.1) is 0 Å². The quantitative estimate of drug-likeness (QED) is 0.721. The molecule has 0 aliphatic heterocycles. The van der Waals surface area contributed by atoms with E-state index in [1.54, 1.807) is 0 Å². The molecule has 0 spiro atoms. The zero-order valence-corrected chi connectivity index (χ0v) is 9.53. The lowest BCUT2D eigenvalue weighted by molar-refractivity contribution is -0.150. The molecule has 15 heavy (non-hydrogen) atoms. The maximum atomic E-state index is 11.9. The zero-order valence-electron chi connectivity index (χ0n) is 9.53. The smallest absolute Gasteiger partial charge is 0.376 e. The van der Waals surface area contributed by atoms with E-state index in [9.17, 15) is 13.2 Å². The lowest BCUT2D eigenvalue weighted by atomic mass is 10.1. The lowest BCUT2D eigenvalue weighted by Crippen LogP contribution is -2.34. The number of hydrogen-bond acceptors (Lipinski definition) is 2. The number of alkyl halides is 3. The summed E-state index contributed by atoms with van der Waals surface area (Å²) < 4.78 is 40.8. The van der Waals surface area contributed by atoms with Crippen molar-refractivity contribution in [2.24, 2.45) is 5.92 Å². The van der Waals surface area contributed by atoms with Crippen molar-refractivity contribution in [1.29, 1.82) is 0 Å². The van der Waals surface area contributed by atoms with Crippen molar-refractivity contribution in [2.45, 2.75) is 39.5 Å². The van der Waals surface area contributed by atoms with Gasteiger partial charge in [-0.2, -0.15) is 13.2 Å². The number of ether oxygens (including phenoxy) is 1. The third kappa shape index (κ3) is 8.69. The van der Waals surface area contributed by atoms with Gasteiger partial charge in [0.15, 0.2) is 0 Å².